The fourth-order valence-electron chi connectivity index (χ4n) is 1.63. The fourth-order valence-corrected chi connectivity index (χ4v) is 1.63. The molecule has 2 aromatic heterocycles. The van der Waals surface area contributed by atoms with Crippen LogP contribution in [0.1, 0.15) is 0 Å². The topological polar surface area (TPSA) is 77.8 Å². The van der Waals surface area contributed by atoms with Crippen molar-refractivity contribution in [2.75, 3.05) is 5.73 Å². The average Bonchev–Trinajstić information content (AvgIpc) is 2.93. The molecule has 88 valence electrons. The van der Waals surface area contributed by atoms with E-state index in [4.69, 9.17) is 10.2 Å². The number of nitrogens with two attached hydrogens (primary N) is 1. The molecule has 0 saturated heterocycles. The summed E-state index contributed by atoms with van der Waals surface area (Å²) in [6.07, 6.45) is 3.14. The molecule has 0 radical (unpaired) electrons. The standard InChI is InChI=1S/C13H10N4O/c14-13-16-11(9-4-2-1-3-5-9)15-12(17-13)10-6-7-18-8-10/h1-8H,(H2,14,15,16,17). The van der Waals surface area contributed by atoms with Crippen molar-refractivity contribution in [1.82, 2.24) is 15.0 Å². The molecule has 0 atom stereocenters. The van der Waals surface area contributed by atoms with Gasteiger partial charge in [0.25, 0.3) is 0 Å². The summed E-state index contributed by atoms with van der Waals surface area (Å²) in [6.45, 7) is 0. The van der Waals surface area contributed by atoms with Gasteiger partial charge in [-0.15, -0.1) is 0 Å². The van der Waals surface area contributed by atoms with E-state index in [-0.39, 0.29) is 5.95 Å². The summed E-state index contributed by atoms with van der Waals surface area (Å²) in [5.41, 5.74) is 7.39. The van der Waals surface area contributed by atoms with Crippen LogP contribution in [-0.2, 0) is 0 Å². The zero-order valence-electron chi connectivity index (χ0n) is 9.45. The highest BCUT2D eigenvalue weighted by Gasteiger charge is 2.09. The molecule has 0 spiro atoms. The van der Waals surface area contributed by atoms with Crippen LogP contribution in [0.3, 0.4) is 0 Å². The SMILES string of the molecule is Nc1nc(-c2ccccc2)nc(-c2ccoc2)n1. The summed E-state index contributed by atoms with van der Waals surface area (Å²) in [7, 11) is 0. The molecule has 0 amide bonds. The van der Waals surface area contributed by atoms with Crippen molar-refractivity contribution in [3.05, 3.63) is 48.9 Å². The first-order chi connectivity index (χ1) is 8.83. The van der Waals surface area contributed by atoms with E-state index in [9.17, 15) is 0 Å². The van der Waals surface area contributed by atoms with Gasteiger partial charge in [0.15, 0.2) is 11.6 Å². The molecular formula is C13H10N4O. The third-order valence-corrected chi connectivity index (χ3v) is 2.46. The summed E-state index contributed by atoms with van der Waals surface area (Å²) in [5, 5.41) is 0. The minimum atomic E-state index is 0.194. The fraction of sp³-hybridized carbons (Fsp3) is 0. The van der Waals surface area contributed by atoms with Gasteiger partial charge in [-0.25, -0.2) is 4.98 Å². The number of hydrogen-bond acceptors (Lipinski definition) is 5. The maximum atomic E-state index is 5.71. The molecule has 18 heavy (non-hydrogen) atoms. The van der Waals surface area contributed by atoms with Crippen molar-refractivity contribution in [3.8, 4) is 22.8 Å². The van der Waals surface area contributed by atoms with Gasteiger partial charge in [-0.3, -0.25) is 0 Å². The van der Waals surface area contributed by atoms with Crippen molar-refractivity contribution in [3.63, 3.8) is 0 Å². The summed E-state index contributed by atoms with van der Waals surface area (Å²) in [5.74, 6) is 1.26. The number of anilines is 1. The van der Waals surface area contributed by atoms with E-state index in [1.807, 2.05) is 30.3 Å². The number of furan rings is 1. The Hall–Kier alpha value is -2.69. The van der Waals surface area contributed by atoms with Crippen LogP contribution in [0.4, 0.5) is 5.95 Å². The molecule has 2 heterocycles. The Kier molecular flexibility index (Phi) is 2.49. The lowest BCUT2D eigenvalue weighted by atomic mass is 10.2. The van der Waals surface area contributed by atoms with E-state index < -0.39 is 0 Å². The highest BCUT2D eigenvalue weighted by atomic mass is 16.3. The number of rotatable bonds is 2. The van der Waals surface area contributed by atoms with Crippen LogP contribution in [0.5, 0.6) is 0 Å². The van der Waals surface area contributed by atoms with Crippen LogP contribution in [-0.4, -0.2) is 15.0 Å². The number of aromatic nitrogens is 3. The smallest absolute Gasteiger partial charge is 0.224 e. The second-order valence-corrected chi connectivity index (χ2v) is 3.72. The molecule has 5 heteroatoms. The van der Waals surface area contributed by atoms with Gasteiger partial charge in [0, 0.05) is 5.56 Å². The van der Waals surface area contributed by atoms with E-state index in [0.29, 0.717) is 11.6 Å². The summed E-state index contributed by atoms with van der Waals surface area (Å²) in [4.78, 5) is 12.6. The molecule has 3 rings (SSSR count). The van der Waals surface area contributed by atoms with Crippen LogP contribution in [0.2, 0.25) is 0 Å². The van der Waals surface area contributed by atoms with E-state index in [1.54, 1.807) is 18.6 Å². The van der Waals surface area contributed by atoms with Crippen LogP contribution >= 0.6 is 0 Å². The molecule has 5 nitrogen and oxygen atoms in total. The molecule has 0 unspecified atom stereocenters. The van der Waals surface area contributed by atoms with Crippen molar-refractivity contribution < 1.29 is 4.42 Å². The first kappa shape index (κ1) is 10.5. The molecule has 0 fully saturated rings. The Morgan fingerprint density at radius 2 is 1.56 bits per heavy atom. The maximum absolute atomic E-state index is 5.71. The third kappa shape index (κ3) is 1.93. The third-order valence-electron chi connectivity index (χ3n) is 2.46. The van der Waals surface area contributed by atoms with Gasteiger partial charge < -0.3 is 10.2 Å². The minimum Gasteiger partial charge on any atom is -0.472 e. The van der Waals surface area contributed by atoms with Gasteiger partial charge in [-0.05, 0) is 6.07 Å². The van der Waals surface area contributed by atoms with Crippen molar-refractivity contribution in [1.29, 1.82) is 0 Å². The lowest BCUT2D eigenvalue weighted by Crippen LogP contribution is -2.01. The Morgan fingerprint density at radius 3 is 2.22 bits per heavy atom. The van der Waals surface area contributed by atoms with Crippen LogP contribution in [0.15, 0.2) is 53.3 Å². The van der Waals surface area contributed by atoms with Gasteiger partial charge in [0.1, 0.15) is 6.26 Å². The van der Waals surface area contributed by atoms with Gasteiger partial charge in [-0.1, -0.05) is 30.3 Å². The monoisotopic (exact) mass is 238 g/mol. The van der Waals surface area contributed by atoms with Crippen LogP contribution in [0, 0.1) is 0 Å². The number of nitrogens with zero attached hydrogens (tertiary/aromatic N) is 3. The molecule has 3 aromatic rings. The first-order valence-electron chi connectivity index (χ1n) is 5.42. The normalized spacial score (nSPS) is 10.4. The van der Waals surface area contributed by atoms with E-state index in [2.05, 4.69) is 15.0 Å². The van der Waals surface area contributed by atoms with Crippen LogP contribution in [0.25, 0.3) is 22.8 Å². The zero-order valence-corrected chi connectivity index (χ0v) is 9.45. The maximum Gasteiger partial charge on any atom is 0.224 e. The van der Waals surface area contributed by atoms with E-state index >= 15 is 0 Å². The highest BCUT2D eigenvalue weighted by molar-refractivity contribution is 5.61. The second-order valence-electron chi connectivity index (χ2n) is 3.72. The average molecular weight is 238 g/mol. The second kappa shape index (κ2) is 4.29. The van der Waals surface area contributed by atoms with E-state index in [0.717, 1.165) is 11.1 Å². The highest BCUT2D eigenvalue weighted by Crippen LogP contribution is 2.20. The molecule has 0 saturated carbocycles. The Morgan fingerprint density at radius 1 is 0.833 bits per heavy atom. The Balaban J connectivity index is 2.12. The van der Waals surface area contributed by atoms with Crippen LogP contribution < -0.4 is 5.73 Å². The molecule has 0 aliphatic rings. The number of hydrogen-bond donors (Lipinski definition) is 1. The van der Waals surface area contributed by atoms with Crippen molar-refractivity contribution in [2.24, 2.45) is 0 Å². The number of nitrogen functional groups attached to an aromatic ring is 1. The molecular weight excluding hydrogens is 228 g/mol. The molecule has 0 aliphatic carbocycles. The van der Waals surface area contributed by atoms with Crippen molar-refractivity contribution in [2.45, 2.75) is 0 Å². The molecule has 0 bridgehead atoms. The minimum absolute atomic E-state index is 0.194. The first-order valence-corrected chi connectivity index (χ1v) is 5.42. The van der Waals surface area contributed by atoms with Gasteiger partial charge in [0.2, 0.25) is 5.95 Å². The number of benzene rings is 1. The van der Waals surface area contributed by atoms with Gasteiger partial charge in [-0.2, -0.15) is 9.97 Å². The summed E-state index contributed by atoms with van der Waals surface area (Å²) >= 11 is 0. The quantitative estimate of drug-likeness (QED) is 0.741. The van der Waals surface area contributed by atoms with Gasteiger partial charge in [0.05, 0.1) is 11.8 Å². The summed E-state index contributed by atoms with van der Waals surface area (Å²) < 4.78 is 5.01. The molecule has 0 aliphatic heterocycles. The van der Waals surface area contributed by atoms with E-state index in [1.165, 1.54) is 0 Å². The molecule has 1 aromatic carbocycles. The lowest BCUT2D eigenvalue weighted by Gasteiger charge is -2.03. The van der Waals surface area contributed by atoms with Crippen molar-refractivity contribution >= 4 is 5.95 Å². The zero-order chi connectivity index (χ0) is 12.4. The van der Waals surface area contributed by atoms with Gasteiger partial charge >= 0.3 is 0 Å². The predicted octanol–water partition coefficient (Wildman–Crippen LogP) is 2.38. The molecule has 2 N–H and O–H groups in total. The lowest BCUT2D eigenvalue weighted by molar-refractivity contribution is 0.568. The predicted molar refractivity (Wildman–Crippen MR) is 67.4 cm³/mol. The largest absolute Gasteiger partial charge is 0.472 e. The Bertz CT molecular complexity index is 650. The Labute approximate surface area is 103 Å². The summed E-state index contributed by atoms with van der Waals surface area (Å²) in [6, 6.07) is 11.4.